The molecule has 0 saturated carbocycles. The van der Waals surface area contributed by atoms with Crippen LogP contribution in [0.25, 0.3) is 0 Å². The summed E-state index contributed by atoms with van der Waals surface area (Å²) in [6, 6.07) is 0. The molecule has 0 radical (unpaired) electrons. The minimum atomic E-state index is 0.322. The molecule has 1 aromatic heterocycles. The van der Waals surface area contributed by atoms with Crippen LogP contribution in [0.15, 0.2) is 10.6 Å². The van der Waals surface area contributed by atoms with Crippen molar-refractivity contribution in [1.29, 1.82) is 0 Å². The molecule has 0 N–H and O–H groups in total. The van der Waals surface area contributed by atoms with E-state index in [2.05, 4.69) is 4.98 Å². The lowest BCUT2D eigenvalue weighted by Crippen LogP contribution is -2.21. The standard InChI is InChI=1S/C12H18ClNO2/c13-6-3-5-12-14-9-11(16-12)8-10-4-1-2-7-15-10/h9-10H,1-8H2. The van der Waals surface area contributed by atoms with Gasteiger partial charge >= 0.3 is 0 Å². The van der Waals surface area contributed by atoms with Crippen LogP contribution in [0.3, 0.4) is 0 Å². The SMILES string of the molecule is ClCCCc1ncc(CC2CCCCO2)o1. The molecule has 1 unspecified atom stereocenters. The van der Waals surface area contributed by atoms with Crippen molar-refractivity contribution >= 4 is 11.6 Å². The van der Waals surface area contributed by atoms with E-state index in [4.69, 9.17) is 20.8 Å². The number of nitrogens with zero attached hydrogens (tertiary/aromatic N) is 1. The van der Waals surface area contributed by atoms with Gasteiger partial charge in [-0.25, -0.2) is 4.98 Å². The van der Waals surface area contributed by atoms with Crippen LogP contribution in [0.1, 0.15) is 37.3 Å². The first-order valence-electron chi connectivity index (χ1n) is 5.99. The fourth-order valence-electron chi connectivity index (χ4n) is 1.97. The van der Waals surface area contributed by atoms with Crippen LogP contribution in [-0.2, 0) is 17.6 Å². The second-order valence-electron chi connectivity index (χ2n) is 4.21. The van der Waals surface area contributed by atoms with E-state index < -0.39 is 0 Å². The first-order chi connectivity index (χ1) is 7.88. The summed E-state index contributed by atoms with van der Waals surface area (Å²) in [5.41, 5.74) is 0. The third-order valence-electron chi connectivity index (χ3n) is 2.83. The quantitative estimate of drug-likeness (QED) is 0.746. The zero-order valence-electron chi connectivity index (χ0n) is 9.45. The third kappa shape index (κ3) is 3.49. The normalized spacial score (nSPS) is 21.2. The Kier molecular flexibility index (Phi) is 4.67. The molecule has 2 rings (SSSR count). The fraction of sp³-hybridized carbons (Fsp3) is 0.750. The maximum atomic E-state index is 5.66. The molecule has 16 heavy (non-hydrogen) atoms. The van der Waals surface area contributed by atoms with Crippen LogP contribution in [0.5, 0.6) is 0 Å². The van der Waals surface area contributed by atoms with Gasteiger partial charge in [0.2, 0.25) is 0 Å². The lowest BCUT2D eigenvalue weighted by atomic mass is 10.1. The Bertz CT molecular complexity index is 308. The summed E-state index contributed by atoms with van der Waals surface area (Å²) in [6.45, 7) is 0.887. The Labute approximate surface area is 101 Å². The molecule has 1 saturated heterocycles. The van der Waals surface area contributed by atoms with E-state index in [0.29, 0.717) is 12.0 Å². The highest BCUT2D eigenvalue weighted by molar-refractivity contribution is 6.17. The van der Waals surface area contributed by atoms with Crippen molar-refractivity contribution in [3.63, 3.8) is 0 Å². The number of hydrogen-bond acceptors (Lipinski definition) is 3. The number of hydrogen-bond donors (Lipinski definition) is 0. The fourth-order valence-corrected chi connectivity index (χ4v) is 2.10. The molecule has 0 spiro atoms. The lowest BCUT2D eigenvalue weighted by molar-refractivity contribution is 0.0138. The molecule has 0 amide bonds. The van der Waals surface area contributed by atoms with Crippen LogP contribution in [0.2, 0.25) is 0 Å². The van der Waals surface area contributed by atoms with E-state index in [-0.39, 0.29) is 0 Å². The monoisotopic (exact) mass is 243 g/mol. The molecule has 1 aliphatic rings. The molecule has 0 aliphatic carbocycles. The van der Waals surface area contributed by atoms with Crippen molar-refractivity contribution in [2.75, 3.05) is 12.5 Å². The Balaban J connectivity index is 1.81. The number of rotatable bonds is 5. The van der Waals surface area contributed by atoms with Gasteiger partial charge in [-0.05, 0) is 25.7 Å². The van der Waals surface area contributed by atoms with Gasteiger partial charge in [0.15, 0.2) is 5.89 Å². The van der Waals surface area contributed by atoms with Gasteiger partial charge in [-0.15, -0.1) is 11.6 Å². The molecule has 0 bridgehead atoms. The van der Waals surface area contributed by atoms with Crippen LogP contribution >= 0.6 is 11.6 Å². The second-order valence-corrected chi connectivity index (χ2v) is 4.58. The molecule has 1 aromatic rings. The lowest BCUT2D eigenvalue weighted by Gasteiger charge is -2.21. The highest BCUT2D eigenvalue weighted by atomic mass is 35.5. The summed E-state index contributed by atoms with van der Waals surface area (Å²) in [4.78, 5) is 4.24. The summed E-state index contributed by atoms with van der Waals surface area (Å²) in [6.07, 6.45) is 8.33. The van der Waals surface area contributed by atoms with E-state index in [1.54, 1.807) is 0 Å². The highest BCUT2D eigenvalue weighted by Crippen LogP contribution is 2.18. The van der Waals surface area contributed by atoms with Gasteiger partial charge in [-0.1, -0.05) is 0 Å². The van der Waals surface area contributed by atoms with E-state index in [0.717, 1.165) is 43.9 Å². The van der Waals surface area contributed by atoms with Gasteiger partial charge < -0.3 is 9.15 Å². The van der Waals surface area contributed by atoms with Gasteiger partial charge in [0.25, 0.3) is 0 Å². The molecule has 2 heterocycles. The van der Waals surface area contributed by atoms with Crippen molar-refractivity contribution < 1.29 is 9.15 Å². The minimum absolute atomic E-state index is 0.322. The van der Waals surface area contributed by atoms with E-state index in [1.165, 1.54) is 12.8 Å². The van der Waals surface area contributed by atoms with Crippen molar-refractivity contribution in [3.8, 4) is 0 Å². The number of aromatic nitrogens is 1. The van der Waals surface area contributed by atoms with E-state index in [9.17, 15) is 0 Å². The molecule has 0 aromatic carbocycles. The zero-order valence-corrected chi connectivity index (χ0v) is 10.2. The predicted octanol–water partition coefficient (Wildman–Crippen LogP) is 2.96. The Morgan fingerprint density at radius 1 is 1.44 bits per heavy atom. The maximum Gasteiger partial charge on any atom is 0.194 e. The summed E-state index contributed by atoms with van der Waals surface area (Å²) in [5.74, 6) is 2.40. The molecule has 3 nitrogen and oxygen atoms in total. The van der Waals surface area contributed by atoms with Crippen molar-refractivity contribution in [3.05, 3.63) is 17.8 Å². The topological polar surface area (TPSA) is 35.3 Å². The number of ether oxygens (including phenoxy) is 1. The van der Waals surface area contributed by atoms with Crippen LogP contribution in [-0.4, -0.2) is 23.6 Å². The second kappa shape index (κ2) is 6.26. The molecule has 4 heteroatoms. The first kappa shape index (κ1) is 11.9. The van der Waals surface area contributed by atoms with E-state index in [1.807, 2.05) is 6.20 Å². The average molecular weight is 244 g/mol. The van der Waals surface area contributed by atoms with Crippen molar-refractivity contribution in [2.24, 2.45) is 0 Å². The van der Waals surface area contributed by atoms with Gasteiger partial charge in [0, 0.05) is 25.3 Å². The maximum absolute atomic E-state index is 5.66. The molecule has 1 atom stereocenters. The van der Waals surface area contributed by atoms with Crippen molar-refractivity contribution in [1.82, 2.24) is 4.98 Å². The summed E-state index contributed by atoms with van der Waals surface area (Å²) >= 11 is 5.62. The van der Waals surface area contributed by atoms with Crippen molar-refractivity contribution in [2.45, 2.75) is 44.6 Å². The molecular weight excluding hydrogens is 226 g/mol. The van der Waals surface area contributed by atoms with Gasteiger partial charge in [0.05, 0.1) is 12.3 Å². The predicted molar refractivity (Wildman–Crippen MR) is 62.8 cm³/mol. The summed E-state index contributed by atoms with van der Waals surface area (Å²) < 4.78 is 11.3. The average Bonchev–Trinajstić information content (AvgIpc) is 2.75. The number of alkyl halides is 1. The highest BCUT2D eigenvalue weighted by Gasteiger charge is 2.16. The van der Waals surface area contributed by atoms with Crippen LogP contribution < -0.4 is 0 Å². The summed E-state index contributed by atoms with van der Waals surface area (Å²) in [7, 11) is 0. The Hall–Kier alpha value is -0.540. The van der Waals surface area contributed by atoms with Gasteiger partial charge in [0.1, 0.15) is 5.76 Å². The number of oxazole rings is 1. The molecule has 1 aliphatic heterocycles. The first-order valence-corrected chi connectivity index (χ1v) is 6.53. The molecule has 90 valence electrons. The largest absolute Gasteiger partial charge is 0.446 e. The number of aryl methyl sites for hydroxylation is 1. The van der Waals surface area contributed by atoms with Gasteiger partial charge in [-0.2, -0.15) is 0 Å². The smallest absolute Gasteiger partial charge is 0.194 e. The zero-order chi connectivity index (χ0) is 11.2. The third-order valence-corrected chi connectivity index (χ3v) is 3.10. The molecular formula is C12H18ClNO2. The van der Waals surface area contributed by atoms with Gasteiger partial charge in [-0.3, -0.25) is 0 Å². The number of halogens is 1. The minimum Gasteiger partial charge on any atom is -0.446 e. The van der Waals surface area contributed by atoms with Crippen LogP contribution in [0.4, 0.5) is 0 Å². The Morgan fingerprint density at radius 2 is 2.38 bits per heavy atom. The van der Waals surface area contributed by atoms with Crippen LogP contribution in [0, 0.1) is 0 Å². The summed E-state index contributed by atoms with van der Waals surface area (Å²) in [5, 5.41) is 0. The molecule has 1 fully saturated rings. The Morgan fingerprint density at radius 3 is 3.12 bits per heavy atom. The van der Waals surface area contributed by atoms with E-state index >= 15 is 0 Å².